The molecule has 3 rings (SSSR count). The van der Waals surface area contributed by atoms with E-state index in [0.717, 1.165) is 26.9 Å². The number of ketones is 1. The van der Waals surface area contributed by atoms with Gasteiger partial charge in [0.25, 0.3) is 0 Å². The molecule has 0 aromatic heterocycles. The van der Waals surface area contributed by atoms with Gasteiger partial charge in [0.05, 0.1) is 5.70 Å². The lowest BCUT2D eigenvalue weighted by atomic mass is 9.79. The lowest BCUT2D eigenvalue weighted by Gasteiger charge is -2.35. The van der Waals surface area contributed by atoms with Crippen LogP contribution in [0.4, 0.5) is 0 Å². The molecule has 1 unspecified atom stereocenters. The number of ether oxygens (including phenoxy) is 1. The van der Waals surface area contributed by atoms with Gasteiger partial charge in [0.2, 0.25) is 0 Å². The second kappa shape index (κ2) is 11.1. The van der Waals surface area contributed by atoms with Crippen LogP contribution in [0.15, 0.2) is 79.0 Å². The van der Waals surface area contributed by atoms with Gasteiger partial charge in [0, 0.05) is 25.9 Å². The van der Waals surface area contributed by atoms with Gasteiger partial charge in [-0.1, -0.05) is 113 Å². The highest BCUT2D eigenvalue weighted by atomic mass is 32.2. The first-order valence-corrected chi connectivity index (χ1v) is 16.1. The van der Waals surface area contributed by atoms with Crippen molar-refractivity contribution in [1.82, 2.24) is 0 Å². The summed E-state index contributed by atoms with van der Waals surface area (Å²) in [5.41, 5.74) is 11.5. The van der Waals surface area contributed by atoms with Crippen LogP contribution in [0.1, 0.15) is 90.0 Å². The SMILES string of the molecule is CC(=C1C=C(SC(C)(C)C)OC(SC(C)(C)C)=C1)C1=C(N)C(=CC2=CC(C(C)(C)C)SC(C(C)(C)C)=C2)C1=O. The predicted octanol–water partition coefficient (Wildman–Crippen LogP) is 9.82. The van der Waals surface area contributed by atoms with Gasteiger partial charge in [-0.15, -0.1) is 11.8 Å². The Morgan fingerprint density at radius 2 is 1.41 bits per heavy atom. The van der Waals surface area contributed by atoms with Crippen LogP contribution in [0.25, 0.3) is 0 Å². The van der Waals surface area contributed by atoms with Gasteiger partial charge in [-0.25, -0.2) is 0 Å². The summed E-state index contributed by atoms with van der Waals surface area (Å²) in [7, 11) is 0. The Morgan fingerprint density at radius 1 is 0.897 bits per heavy atom. The minimum absolute atomic E-state index is 0.00344. The molecule has 1 atom stereocenters. The lowest BCUT2D eigenvalue weighted by Crippen LogP contribution is -2.29. The van der Waals surface area contributed by atoms with Crippen LogP contribution >= 0.6 is 35.3 Å². The predicted molar refractivity (Wildman–Crippen MR) is 175 cm³/mol. The number of hydrogen-bond acceptors (Lipinski definition) is 6. The maximum absolute atomic E-state index is 13.5. The molecule has 0 aromatic carbocycles. The summed E-state index contributed by atoms with van der Waals surface area (Å²) in [5, 5.41) is 2.00. The molecule has 0 radical (unpaired) electrons. The summed E-state index contributed by atoms with van der Waals surface area (Å²) >= 11 is 5.30. The summed E-state index contributed by atoms with van der Waals surface area (Å²) in [6.07, 6.45) is 10.6. The van der Waals surface area contributed by atoms with Crippen molar-refractivity contribution >= 4 is 41.1 Å². The van der Waals surface area contributed by atoms with Gasteiger partial charge in [0.15, 0.2) is 16.0 Å². The highest BCUT2D eigenvalue weighted by molar-refractivity contribution is 8.05. The molecule has 2 aliphatic heterocycles. The van der Waals surface area contributed by atoms with E-state index >= 15 is 0 Å². The summed E-state index contributed by atoms with van der Waals surface area (Å²) < 4.78 is 6.25. The summed E-state index contributed by atoms with van der Waals surface area (Å²) in [5.74, 6) is 0.0120. The standard InChI is InChI=1S/C33H47NO2S3/c1-19(21-17-25(38-32(8,9)10)36-26(18-21)39-33(11,12)13)27-28(34)22(29(27)35)14-20-15-23(30(2,3)4)37-24(16-20)31(5,6)7/h14-18,23H,34H2,1-13H3. The first-order valence-electron chi connectivity index (χ1n) is 13.6. The van der Waals surface area contributed by atoms with Gasteiger partial charge in [0.1, 0.15) is 0 Å². The van der Waals surface area contributed by atoms with Crippen molar-refractivity contribution in [2.24, 2.45) is 16.6 Å². The van der Waals surface area contributed by atoms with Gasteiger partial charge in [-0.3, -0.25) is 4.79 Å². The Kier molecular flexibility index (Phi) is 9.08. The maximum Gasteiger partial charge on any atom is 0.197 e. The fraction of sp³-hybridized carbons (Fsp3) is 0.545. The molecule has 2 N–H and O–H groups in total. The zero-order valence-electron chi connectivity index (χ0n) is 26.1. The second-order valence-corrected chi connectivity index (χ2v) is 19.4. The van der Waals surface area contributed by atoms with E-state index in [1.165, 1.54) is 4.91 Å². The molecule has 0 amide bonds. The lowest BCUT2D eigenvalue weighted by molar-refractivity contribution is -0.113. The minimum Gasteiger partial charge on any atom is -0.444 e. The monoisotopic (exact) mass is 585 g/mol. The highest BCUT2D eigenvalue weighted by Crippen LogP contribution is 2.48. The third-order valence-corrected chi connectivity index (χ3v) is 10.3. The van der Waals surface area contributed by atoms with Crippen LogP contribution in [0.2, 0.25) is 0 Å². The van der Waals surface area contributed by atoms with Crippen LogP contribution in [-0.4, -0.2) is 20.5 Å². The molecule has 0 bridgehead atoms. The van der Waals surface area contributed by atoms with Crippen molar-refractivity contribution in [3.8, 4) is 0 Å². The molecule has 214 valence electrons. The fourth-order valence-corrected chi connectivity index (χ4v) is 7.45. The molecule has 0 aromatic rings. The number of hydrogen-bond donors (Lipinski definition) is 1. The first kappa shape index (κ1) is 32.0. The minimum atomic E-state index is -0.00344. The number of nitrogens with two attached hydrogens (primary N) is 1. The number of thioether (sulfide) groups is 3. The Morgan fingerprint density at radius 3 is 1.82 bits per heavy atom. The van der Waals surface area contributed by atoms with E-state index < -0.39 is 0 Å². The van der Waals surface area contributed by atoms with Crippen molar-refractivity contribution in [3.05, 3.63) is 79.0 Å². The number of carbonyl (C=O) groups is 1. The number of Topliss-reactive ketones (excluding diaryl/α,β-unsaturated/α-hetero) is 1. The van der Waals surface area contributed by atoms with Gasteiger partial charge in [-0.2, -0.15) is 0 Å². The average molecular weight is 586 g/mol. The molecule has 0 spiro atoms. The Balaban J connectivity index is 2.05. The topological polar surface area (TPSA) is 52.3 Å². The molecule has 0 fully saturated rings. The fourth-order valence-electron chi connectivity index (χ4n) is 4.14. The smallest absolute Gasteiger partial charge is 0.197 e. The van der Waals surface area contributed by atoms with E-state index in [0.29, 0.717) is 22.1 Å². The number of rotatable bonds is 4. The van der Waals surface area contributed by atoms with Gasteiger partial charge >= 0.3 is 0 Å². The van der Waals surface area contributed by atoms with Crippen LogP contribution in [-0.2, 0) is 9.53 Å². The quantitative estimate of drug-likeness (QED) is 0.331. The summed E-state index contributed by atoms with van der Waals surface area (Å²) in [6, 6.07) is 0. The van der Waals surface area contributed by atoms with Crippen molar-refractivity contribution < 1.29 is 9.53 Å². The van der Waals surface area contributed by atoms with E-state index in [2.05, 4.69) is 95.2 Å². The maximum atomic E-state index is 13.5. The molecule has 0 saturated heterocycles. The van der Waals surface area contributed by atoms with Gasteiger partial charge in [-0.05, 0) is 63.7 Å². The Labute approximate surface area is 250 Å². The molecule has 3 nitrogen and oxygen atoms in total. The van der Waals surface area contributed by atoms with E-state index in [9.17, 15) is 4.79 Å². The third kappa shape index (κ3) is 8.27. The summed E-state index contributed by atoms with van der Waals surface area (Å²) in [6.45, 7) is 28.5. The molecule has 2 heterocycles. The van der Waals surface area contributed by atoms with E-state index in [1.807, 2.05) is 36.9 Å². The largest absolute Gasteiger partial charge is 0.444 e. The van der Waals surface area contributed by atoms with Crippen molar-refractivity contribution in [2.45, 2.75) is 105 Å². The molecule has 0 saturated carbocycles. The summed E-state index contributed by atoms with van der Waals surface area (Å²) in [4.78, 5) is 14.9. The van der Waals surface area contributed by atoms with Crippen molar-refractivity contribution in [2.75, 3.05) is 0 Å². The Bertz CT molecular complexity index is 1220. The van der Waals surface area contributed by atoms with Crippen LogP contribution < -0.4 is 5.73 Å². The molecule has 3 aliphatic rings. The Hall–Kier alpha value is -1.50. The van der Waals surface area contributed by atoms with Gasteiger partial charge < -0.3 is 10.5 Å². The molecular weight excluding hydrogens is 539 g/mol. The second-order valence-electron chi connectivity index (χ2n) is 14.5. The van der Waals surface area contributed by atoms with Crippen LogP contribution in [0.5, 0.6) is 0 Å². The zero-order chi connectivity index (χ0) is 29.7. The third-order valence-electron chi connectivity index (χ3n) is 6.20. The zero-order valence-corrected chi connectivity index (χ0v) is 28.5. The van der Waals surface area contributed by atoms with E-state index in [-0.39, 0.29) is 26.1 Å². The van der Waals surface area contributed by atoms with Crippen LogP contribution in [0, 0.1) is 10.8 Å². The average Bonchev–Trinajstić information content (AvgIpc) is 2.73. The van der Waals surface area contributed by atoms with E-state index in [1.54, 1.807) is 23.5 Å². The van der Waals surface area contributed by atoms with Crippen molar-refractivity contribution in [1.29, 1.82) is 0 Å². The normalized spacial score (nSPS) is 22.2. The first-order chi connectivity index (χ1) is 17.5. The van der Waals surface area contributed by atoms with Crippen LogP contribution in [0.3, 0.4) is 0 Å². The highest BCUT2D eigenvalue weighted by Gasteiger charge is 2.36. The molecule has 39 heavy (non-hydrogen) atoms. The van der Waals surface area contributed by atoms with E-state index in [4.69, 9.17) is 10.5 Å². The molecular formula is C33H47NO2S3. The molecule has 6 heteroatoms. The number of carbonyl (C=O) groups excluding carboxylic acids is 1. The van der Waals surface area contributed by atoms with Crippen molar-refractivity contribution in [3.63, 3.8) is 0 Å². The number of allylic oxidation sites excluding steroid dienone is 10. The molecule has 1 aliphatic carbocycles.